The third-order valence-electron chi connectivity index (χ3n) is 7.68. The minimum absolute atomic E-state index is 0.0246. The monoisotopic (exact) mass is 562 g/mol. The Labute approximate surface area is 248 Å². The predicted molar refractivity (Wildman–Crippen MR) is 172 cm³/mol. The van der Waals surface area contributed by atoms with Crippen molar-refractivity contribution in [3.8, 4) is 0 Å². The van der Waals surface area contributed by atoms with Crippen molar-refractivity contribution in [2.24, 2.45) is 0 Å². The van der Waals surface area contributed by atoms with E-state index >= 15 is 0 Å². The molecule has 0 bridgehead atoms. The van der Waals surface area contributed by atoms with E-state index in [-0.39, 0.29) is 18.5 Å². The molecule has 0 amide bonds. The molecule has 0 aromatic carbocycles. The smallest absolute Gasteiger partial charge is 0.306 e. The Hall–Kier alpha value is -1.58. The van der Waals surface area contributed by atoms with Crippen molar-refractivity contribution in [3.05, 3.63) is 24.3 Å². The van der Waals surface area contributed by atoms with Crippen molar-refractivity contribution in [3.63, 3.8) is 0 Å². The predicted octanol–water partition coefficient (Wildman–Crippen LogP) is 11.7. The minimum Gasteiger partial charge on any atom is -0.481 e. The van der Waals surface area contributed by atoms with Crippen molar-refractivity contribution in [1.82, 2.24) is 0 Å². The highest BCUT2D eigenvalue weighted by molar-refractivity contribution is 5.69. The Kier molecular flexibility index (Phi) is 30.7. The van der Waals surface area contributed by atoms with Gasteiger partial charge in [-0.05, 0) is 70.6 Å². The fourth-order valence-electron chi connectivity index (χ4n) is 5.10. The van der Waals surface area contributed by atoms with Gasteiger partial charge in [-0.2, -0.15) is 0 Å². The first-order valence-corrected chi connectivity index (χ1v) is 17.3. The molecule has 0 aliphatic rings. The number of allylic oxidation sites excluding steroid dienone is 4. The van der Waals surface area contributed by atoms with Crippen molar-refractivity contribution < 1.29 is 19.4 Å². The summed E-state index contributed by atoms with van der Waals surface area (Å²) in [6, 6.07) is 0. The molecule has 1 unspecified atom stereocenters. The molecule has 0 aliphatic carbocycles. The Morgan fingerprint density at radius 2 is 0.975 bits per heavy atom. The molecule has 0 aliphatic heterocycles. The maximum Gasteiger partial charge on any atom is 0.306 e. The van der Waals surface area contributed by atoms with Crippen LogP contribution < -0.4 is 0 Å². The van der Waals surface area contributed by atoms with Gasteiger partial charge in [0.2, 0.25) is 0 Å². The van der Waals surface area contributed by atoms with E-state index in [2.05, 4.69) is 38.2 Å². The summed E-state index contributed by atoms with van der Waals surface area (Å²) < 4.78 is 5.87. The van der Waals surface area contributed by atoms with Crippen LogP contribution in [-0.2, 0) is 14.3 Å². The summed E-state index contributed by atoms with van der Waals surface area (Å²) in [5.41, 5.74) is 0. The van der Waals surface area contributed by atoms with E-state index in [0.29, 0.717) is 6.42 Å². The zero-order valence-corrected chi connectivity index (χ0v) is 26.7. The molecule has 0 saturated carbocycles. The molecule has 40 heavy (non-hydrogen) atoms. The first-order valence-electron chi connectivity index (χ1n) is 17.3. The highest BCUT2D eigenvalue weighted by Crippen LogP contribution is 2.18. The van der Waals surface area contributed by atoms with Crippen LogP contribution in [0.2, 0.25) is 0 Å². The summed E-state index contributed by atoms with van der Waals surface area (Å²) in [5.74, 6) is -0.739. The van der Waals surface area contributed by atoms with Gasteiger partial charge in [0, 0.05) is 12.8 Å². The van der Waals surface area contributed by atoms with E-state index < -0.39 is 5.97 Å². The second-order valence-corrected chi connectivity index (χ2v) is 11.7. The van der Waals surface area contributed by atoms with Crippen LogP contribution in [0.1, 0.15) is 187 Å². The number of hydrogen-bond donors (Lipinski definition) is 1. The number of carbonyl (C=O) groups is 2. The van der Waals surface area contributed by atoms with E-state index in [1.54, 1.807) is 0 Å². The number of carboxylic acid groups (broad SMARTS) is 1. The van der Waals surface area contributed by atoms with Crippen LogP contribution in [0, 0.1) is 0 Å². The molecule has 1 N–H and O–H groups in total. The minimum atomic E-state index is -0.714. The summed E-state index contributed by atoms with van der Waals surface area (Å²) in [5, 5.41) is 8.76. The molecule has 0 spiro atoms. The van der Waals surface area contributed by atoms with Gasteiger partial charge in [-0.3, -0.25) is 9.59 Å². The standard InChI is InChI=1S/C36H66O4/c1-3-5-7-9-10-11-12-13-14-15-16-17-18-19-20-21-22-23-29-33-36(39)40-34(30-26-8-6-4-2)31-27-24-25-28-32-35(37)38/h10-11,13-14,34H,3-9,12,15-33H2,1-2H3,(H,37,38)/b11-10-,14-13-. The summed E-state index contributed by atoms with van der Waals surface area (Å²) in [4.78, 5) is 23.1. The van der Waals surface area contributed by atoms with E-state index in [4.69, 9.17) is 9.84 Å². The highest BCUT2D eigenvalue weighted by atomic mass is 16.5. The van der Waals surface area contributed by atoms with Gasteiger partial charge >= 0.3 is 11.9 Å². The first kappa shape index (κ1) is 38.4. The second kappa shape index (κ2) is 31.9. The first-order chi connectivity index (χ1) is 19.6. The Balaban J connectivity index is 3.72. The number of rotatable bonds is 31. The number of carboxylic acids is 1. The number of carbonyl (C=O) groups excluding carboxylic acids is 1. The number of hydrogen-bond acceptors (Lipinski definition) is 3. The van der Waals surface area contributed by atoms with Crippen molar-refractivity contribution in [2.75, 3.05) is 0 Å². The van der Waals surface area contributed by atoms with Crippen LogP contribution in [0.25, 0.3) is 0 Å². The van der Waals surface area contributed by atoms with E-state index in [9.17, 15) is 9.59 Å². The van der Waals surface area contributed by atoms with Crippen LogP contribution in [0.3, 0.4) is 0 Å². The molecule has 4 nitrogen and oxygen atoms in total. The summed E-state index contributed by atoms with van der Waals surface area (Å²) in [7, 11) is 0. The Morgan fingerprint density at radius 1 is 0.550 bits per heavy atom. The Bertz CT molecular complexity index is 610. The average Bonchev–Trinajstić information content (AvgIpc) is 2.93. The maximum atomic E-state index is 12.4. The van der Waals surface area contributed by atoms with Gasteiger partial charge in [-0.25, -0.2) is 0 Å². The van der Waals surface area contributed by atoms with Gasteiger partial charge in [0.15, 0.2) is 0 Å². The molecule has 0 rings (SSSR count). The lowest BCUT2D eigenvalue weighted by atomic mass is 10.0. The zero-order valence-electron chi connectivity index (χ0n) is 26.7. The van der Waals surface area contributed by atoms with Crippen molar-refractivity contribution in [1.29, 1.82) is 0 Å². The number of unbranched alkanes of at least 4 members (excludes halogenated alkanes) is 18. The quantitative estimate of drug-likeness (QED) is 0.0518. The Morgan fingerprint density at radius 3 is 1.52 bits per heavy atom. The highest BCUT2D eigenvalue weighted by Gasteiger charge is 2.14. The summed E-state index contributed by atoms with van der Waals surface area (Å²) >= 11 is 0. The third kappa shape index (κ3) is 31.0. The molecule has 0 radical (unpaired) electrons. The lowest BCUT2D eigenvalue weighted by molar-refractivity contribution is -0.150. The van der Waals surface area contributed by atoms with E-state index in [1.807, 2.05) is 0 Å². The molecule has 0 saturated heterocycles. The molecule has 0 fully saturated rings. The van der Waals surface area contributed by atoms with Gasteiger partial charge < -0.3 is 9.84 Å². The number of aliphatic carboxylic acids is 1. The number of ether oxygens (including phenoxy) is 1. The van der Waals surface area contributed by atoms with Gasteiger partial charge in [-0.15, -0.1) is 0 Å². The van der Waals surface area contributed by atoms with Gasteiger partial charge in [0.05, 0.1) is 0 Å². The third-order valence-corrected chi connectivity index (χ3v) is 7.68. The molecule has 0 aromatic rings. The average molecular weight is 563 g/mol. The van der Waals surface area contributed by atoms with Crippen LogP contribution >= 0.6 is 0 Å². The molecule has 4 heteroatoms. The molecule has 0 heterocycles. The summed E-state index contributed by atoms with van der Waals surface area (Å²) in [6.45, 7) is 4.47. The molecular formula is C36H66O4. The topological polar surface area (TPSA) is 63.6 Å². The van der Waals surface area contributed by atoms with Gasteiger partial charge in [0.25, 0.3) is 0 Å². The molecule has 234 valence electrons. The van der Waals surface area contributed by atoms with Crippen LogP contribution in [0.15, 0.2) is 24.3 Å². The fraction of sp³-hybridized carbons (Fsp3) is 0.833. The van der Waals surface area contributed by atoms with Crippen molar-refractivity contribution in [2.45, 2.75) is 193 Å². The zero-order chi connectivity index (χ0) is 29.4. The molecule has 0 aromatic heterocycles. The normalized spacial score (nSPS) is 12.4. The fourth-order valence-corrected chi connectivity index (χ4v) is 5.10. The summed E-state index contributed by atoms with van der Waals surface area (Å²) in [6.07, 6.45) is 39.2. The lowest BCUT2D eigenvalue weighted by Crippen LogP contribution is -2.18. The maximum absolute atomic E-state index is 12.4. The van der Waals surface area contributed by atoms with E-state index in [0.717, 1.165) is 64.2 Å². The van der Waals surface area contributed by atoms with Crippen LogP contribution in [0.4, 0.5) is 0 Å². The second-order valence-electron chi connectivity index (χ2n) is 11.7. The van der Waals surface area contributed by atoms with Gasteiger partial charge in [0.1, 0.15) is 6.10 Å². The van der Waals surface area contributed by atoms with Gasteiger partial charge in [-0.1, -0.05) is 128 Å². The molecule has 1 atom stereocenters. The molecular weight excluding hydrogens is 496 g/mol. The number of esters is 1. The van der Waals surface area contributed by atoms with Crippen molar-refractivity contribution >= 4 is 11.9 Å². The SMILES string of the molecule is CCCCC/C=C\C/C=C\CCCCCCCCCCCC(=O)OC(CCCCCC)CCCCCCC(=O)O. The van der Waals surface area contributed by atoms with Crippen LogP contribution in [0.5, 0.6) is 0 Å². The van der Waals surface area contributed by atoms with E-state index in [1.165, 1.54) is 96.3 Å². The largest absolute Gasteiger partial charge is 0.481 e. The van der Waals surface area contributed by atoms with Crippen LogP contribution in [-0.4, -0.2) is 23.1 Å². The lowest BCUT2D eigenvalue weighted by Gasteiger charge is -2.18.